The van der Waals surface area contributed by atoms with Gasteiger partial charge in [0, 0.05) is 5.56 Å². The van der Waals surface area contributed by atoms with Gasteiger partial charge in [-0.3, -0.25) is 0 Å². The molecule has 1 aromatic carbocycles. The predicted molar refractivity (Wildman–Crippen MR) is 50.1 cm³/mol. The van der Waals surface area contributed by atoms with Crippen LogP contribution >= 0.6 is 0 Å². The van der Waals surface area contributed by atoms with Crippen molar-refractivity contribution < 1.29 is 15.3 Å². The van der Waals surface area contributed by atoms with Crippen molar-refractivity contribution in [3.63, 3.8) is 0 Å². The van der Waals surface area contributed by atoms with Crippen LogP contribution in [0.3, 0.4) is 0 Å². The Balaban J connectivity index is 3.18. The van der Waals surface area contributed by atoms with E-state index in [4.69, 9.17) is 5.11 Å². The maximum atomic E-state index is 9.47. The van der Waals surface area contributed by atoms with Gasteiger partial charge in [-0.05, 0) is 18.4 Å². The number of rotatable bonds is 2. The zero-order valence-electron chi connectivity index (χ0n) is 7.78. The second kappa shape index (κ2) is 3.56. The van der Waals surface area contributed by atoms with Crippen molar-refractivity contribution in [1.82, 2.24) is 0 Å². The highest BCUT2D eigenvalue weighted by atomic mass is 16.3. The van der Waals surface area contributed by atoms with E-state index in [-0.39, 0.29) is 17.4 Å². The number of benzene rings is 1. The first-order valence-electron chi connectivity index (χ1n) is 4.31. The van der Waals surface area contributed by atoms with Crippen LogP contribution in [0.25, 0.3) is 0 Å². The first-order chi connectivity index (χ1) is 6.07. The van der Waals surface area contributed by atoms with Gasteiger partial charge in [-0.25, -0.2) is 0 Å². The van der Waals surface area contributed by atoms with Crippen LogP contribution in [0.4, 0.5) is 0 Å². The molecule has 72 valence electrons. The zero-order chi connectivity index (χ0) is 10.0. The maximum absolute atomic E-state index is 9.47. The molecule has 0 saturated heterocycles. The third kappa shape index (κ3) is 1.69. The number of hydrogen-bond acceptors (Lipinski definition) is 3. The summed E-state index contributed by atoms with van der Waals surface area (Å²) in [6.07, 6.45) is 0.873. The topological polar surface area (TPSA) is 60.7 Å². The molecule has 0 fully saturated rings. The van der Waals surface area contributed by atoms with Crippen LogP contribution < -0.4 is 0 Å². The highest BCUT2D eigenvalue weighted by molar-refractivity contribution is 5.54. The van der Waals surface area contributed by atoms with Gasteiger partial charge in [0.1, 0.15) is 0 Å². The van der Waals surface area contributed by atoms with Crippen molar-refractivity contribution in [2.45, 2.75) is 26.2 Å². The van der Waals surface area contributed by atoms with Gasteiger partial charge < -0.3 is 15.3 Å². The molecule has 0 heterocycles. The monoisotopic (exact) mass is 182 g/mol. The van der Waals surface area contributed by atoms with Crippen molar-refractivity contribution in [2.24, 2.45) is 0 Å². The lowest BCUT2D eigenvalue weighted by Crippen LogP contribution is -1.91. The van der Waals surface area contributed by atoms with Crippen LogP contribution in [0.15, 0.2) is 12.1 Å². The molecule has 0 amide bonds. The molecule has 0 radical (unpaired) electrons. The van der Waals surface area contributed by atoms with Crippen molar-refractivity contribution in [3.8, 4) is 17.2 Å². The second-order valence-corrected chi connectivity index (χ2v) is 3.18. The SMILES string of the molecule is CCC(C)c1ccc(O)c(O)c1O. The molecule has 3 heteroatoms. The molecule has 0 aromatic heterocycles. The van der Waals surface area contributed by atoms with Crippen LogP contribution in [0, 0.1) is 0 Å². The Hall–Kier alpha value is -1.38. The normalized spacial score (nSPS) is 12.8. The van der Waals surface area contributed by atoms with Gasteiger partial charge in [-0.2, -0.15) is 0 Å². The molecule has 3 nitrogen and oxygen atoms in total. The number of phenolic OH excluding ortho intramolecular Hbond substituents is 3. The molecule has 0 aliphatic carbocycles. The molecule has 0 bridgehead atoms. The lowest BCUT2D eigenvalue weighted by Gasteiger charge is -2.12. The van der Waals surface area contributed by atoms with Gasteiger partial charge in [0.05, 0.1) is 0 Å². The summed E-state index contributed by atoms with van der Waals surface area (Å²) in [6, 6.07) is 3.01. The molecule has 3 N–H and O–H groups in total. The quantitative estimate of drug-likeness (QED) is 0.615. The molecule has 0 saturated carbocycles. The van der Waals surface area contributed by atoms with E-state index < -0.39 is 5.75 Å². The van der Waals surface area contributed by atoms with E-state index in [1.54, 1.807) is 6.07 Å². The summed E-state index contributed by atoms with van der Waals surface area (Å²) in [5, 5.41) is 27.8. The Morgan fingerprint density at radius 3 is 2.31 bits per heavy atom. The average molecular weight is 182 g/mol. The molecule has 0 aliphatic rings. The Labute approximate surface area is 77.3 Å². The fourth-order valence-electron chi connectivity index (χ4n) is 1.20. The minimum Gasteiger partial charge on any atom is -0.504 e. The number of phenols is 3. The Morgan fingerprint density at radius 1 is 1.15 bits per heavy atom. The largest absolute Gasteiger partial charge is 0.504 e. The van der Waals surface area contributed by atoms with E-state index in [1.807, 2.05) is 13.8 Å². The zero-order valence-corrected chi connectivity index (χ0v) is 7.78. The van der Waals surface area contributed by atoms with Crippen LogP contribution in [0.5, 0.6) is 17.2 Å². The van der Waals surface area contributed by atoms with Gasteiger partial charge in [0.15, 0.2) is 11.5 Å². The summed E-state index contributed by atoms with van der Waals surface area (Å²) >= 11 is 0. The highest BCUT2D eigenvalue weighted by Gasteiger charge is 2.14. The first kappa shape index (κ1) is 9.71. The van der Waals surface area contributed by atoms with E-state index in [0.717, 1.165) is 6.42 Å². The van der Waals surface area contributed by atoms with E-state index in [1.165, 1.54) is 6.07 Å². The number of hydrogen-bond donors (Lipinski definition) is 3. The fourth-order valence-corrected chi connectivity index (χ4v) is 1.20. The van der Waals surface area contributed by atoms with Crippen molar-refractivity contribution >= 4 is 0 Å². The molecule has 0 spiro atoms. The van der Waals surface area contributed by atoms with Crippen molar-refractivity contribution in [3.05, 3.63) is 17.7 Å². The molecule has 1 atom stereocenters. The minimum absolute atomic E-state index is 0.173. The Bertz CT molecular complexity index is 307. The molecular weight excluding hydrogens is 168 g/mol. The second-order valence-electron chi connectivity index (χ2n) is 3.18. The van der Waals surface area contributed by atoms with Gasteiger partial charge in [-0.15, -0.1) is 0 Å². The van der Waals surface area contributed by atoms with Crippen molar-refractivity contribution in [1.29, 1.82) is 0 Å². The minimum atomic E-state index is -0.433. The summed E-state index contributed by atoms with van der Waals surface area (Å²) in [7, 11) is 0. The summed E-state index contributed by atoms with van der Waals surface area (Å²) in [5.74, 6) is -0.761. The molecule has 1 unspecified atom stereocenters. The third-order valence-corrected chi connectivity index (χ3v) is 2.30. The van der Waals surface area contributed by atoms with Gasteiger partial charge in [0.25, 0.3) is 0 Å². The predicted octanol–water partition coefficient (Wildman–Crippen LogP) is 2.32. The Morgan fingerprint density at radius 2 is 1.77 bits per heavy atom. The summed E-state index contributed by atoms with van der Waals surface area (Å²) in [4.78, 5) is 0. The lowest BCUT2D eigenvalue weighted by atomic mass is 9.97. The van der Waals surface area contributed by atoms with Crippen LogP contribution in [-0.4, -0.2) is 15.3 Å². The first-order valence-corrected chi connectivity index (χ1v) is 4.31. The smallest absolute Gasteiger partial charge is 0.200 e. The molecule has 1 rings (SSSR count). The van der Waals surface area contributed by atoms with Crippen molar-refractivity contribution in [2.75, 3.05) is 0 Å². The Kier molecular flexibility index (Phi) is 2.66. The fraction of sp³-hybridized carbons (Fsp3) is 0.400. The summed E-state index contributed by atoms with van der Waals surface area (Å²) in [5.41, 5.74) is 0.665. The molecular formula is C10H14O3. The van der Waals surface area contributed by atoms with Crippen LogP contribution in [0.1, 0.15) is 31.7 Å². The van der Waals surface area contributed by atoms with E-state index in [2.05, 4.69) is 0 Å². The van der Waals surface area contributed by atoms with Gasteiger partial charge in [-0.1, -0.05) is 19.9 Å². The molecule has 1 aromatic rings. The summed E-state index contributed by atoms with van der Waals surface area (Å²) in [6.45, 7) is 3.94. The number of aromatic hydroxyl groups is 3. The van der Waals surface area contributed by atoms with Crippen LogP contribution in [-0.2, 0) is 0 Å². The average Bonchev–Trinajstić information content (AvgIpc) is 2.13. The van der Waals surface area contributed by atoms with Gasteiger partial charge in [0.2, 0.25) is 5.75 Å². The molecule has 0 aliphatic heterocycles. The summed E-state index contributed by atoms with van der Waals surface area (Å²) < 4.78 is 0. The third-order valence-electron chi connectivity index (χ3n) is 2.30. The van der Waals surface area contributed by atoms with E-state index in [9.17, 15) is 10.2 Å². The van der Waals surface area contributed by atoms with E-state index >= 15 is 0 Å². The standard InChI is InChI=1S/C10H14O3/c1-3-6(2)7-4-5-8(11)10(13)9(7)12/h4-6,11-13H,3H2,1-2H3. The van der Waals surface area contributed by atoms with Crippen LogP contribution in [0.2, 0.25) is 0 Å². The maximum Gasteiger partial charge on any atom is 0.200 e. The van der Waals surface area contributed by atoms with E-state index in [0.29, 0.717) is 5.56 Å². The lowest BCUT2D eigenvalue weighted by molar-refractivity contribution is 0.363. The highest BCUT2D eigenvalue weighted by Crippen LogP contribution is 2.40. The molecule has 13 heavy (non-hydrogen) atoms. The van der Waals surface area contributed by atoms with Gasteiger partial charge >= 0.3 is 0 Å².